The summed E-state index contributed by atoms with van der Waals surface area (Å²) in [5.74, 6) is 0. The summed E-state index contributed by atoms with van der Waals surface area (Å²) < 4.78 is 0. The van der Waals surface area contributed by atoms with Crippen LogP contribution in [0.1, 0.15) is 0 Å². The van der Waals surface area contributed by atoms with Crippen LogP contribution in [-0.4, -0.2) is 0 Å². The first-order chi connectivity index (χ1) is 26.3. The van der Waals surface area contributed by atoms with E-state index in [1.54, 1.807) is 0 Å². The maximum absolute atomic E-state index is 2.42. The molecule has 0 unspecified atom stereocenters. The third-order valence-electron chi connectivity index (χ3n) is 11.2. The van der Waals surface area contributed by atoms with Gasteiger partial charge < -0.3 is 4.90 Å². The van der Waals surface area contributed by atoms with Crippen LogP contribution >= 0.6 is 0 Å². The van der Waals surface area contributed by atoms with E-state index in [-0.39, 0.29) is 0 Å². The maximum Gasteiger partial charge on any atom is 0.0462 e. The van der Waals surface area contributed by atoms with E-state index in [2.05, 4.69) is 205 Å². The topological polar surface area (TPSA) is 3.24 Å². The van der Waals surface area contributed by atoms with Crippen LogP contribution in [0.5, 0.6) is 0 Å². The minimum absolute atomic E-state index is 1.12. The summed E-state index contributed by atoms with van der Waals surface area (Å²) in [6.45, 7) is 0. The summed E-state index contributed by atoms with van der Waals surface area (Å²) in [6.07, 6.45) is 0. The molecule has 2 aliphatic rings. The van der Waals surface area contributed by atoms with Crippen molar-refractivity contribution in [3.8, 4) is 77.9 Å². The molecule has 6 bridgehead atoms. The van der Waals surface area contributed by atoms with Crippen LogP contribution in [0.2, 0.25) is 0 Å². The Morgan fingerprint density at radius 3 is 1.32 bits per heavy atom. The molecule has 2 aliphatic carbocycles. The summed E-state index contributed by atoms with van der Waals surface area (Å²) in [4.78, 5) is 2.34. The third-order valence-corrected chi connectivity index (χ3v) is 11.2. The van der Waals surface area contributed by atoms with E-state index in [9.17, 15) is 0 Å². The van der Waals surface area contributed by atoms with E-state index in [4.69, 9.17) is 0 Å². The Morgan fingerprint density at radius 1 is 0.226 bits per heavy atom. The summed E-state index contributed by atoms with van der Waals surface area (Å²) in [6, 6.07) is 73.5. The number of fused-ring (bicyclic) bond motifs is 5. The Hall–Kier alpha value is -6.96. The molecule has 0 saturated heterocycles. The summed E-state index contributed by atoms with van der Waals surface area (Å²) >= 11 is 0. The van der Waals surface area contributed by atoms with Gasteiger partial charge in [0.2, 0.25) is 0 Å². The van der Waals surface area contributed by atoms with Crippen LogP contribution in [0.15, 0.2) is 200 Å². The van der Waals surface area contributed by atoms with Gasteiger partial charge in [0.1, 0.15) is 0 Å². The molecule has 9 aromatic rings. The van der Waals surface area contributed by atoms with Crippen molar-refractivity contribution in [2.75, 3.05) is 4.90 Å². The molecule has 1 heteroatoms. The zero-order valence-electron chi connectivity index (χ0n) is 29.0. The predicted molar refractivity (Wildman–Crippen MR) is 224 cm³/mol. The Labute approximate surface area is 309 Å². The number of anilines is 3. The highest BCUT2D eigenvalue weighted by atomic mass is 15.1. The van der Waals surface area contributed by atoms with Crippen LogP contribution in [0.3, 0.4) is 0 Å². The number of hydrogen-bond donors (Lipinski definition) is 0. The Kier molecular flexibility index (Phi) is 6.62. The fourth-order valence-corrected chi connectivity index (χ4v) is 8.68. The zero-order chi connectivity index (χ0) is 34.9. The van der Waals surface area contributed by atoms with E-state index in [0.717, 1.165) is 17.1 Å². The van der Waals surface area contributed by atoms with Crippen molar-refractivity contribution < 1.29 is 0 Å². The molecule has 0 heterocycles. The number of para-hydroxylation sites is 1. The maximum atomic E-state index is 2.42. The second kappa shape index (κ2) is 11.8. The van der Waals surface area contributed by atoms with E-state index in [1.165, 1.54) is 88.7 Å². The van der Waals surface area contributed by atoms with Gasteiger partial charge in [-0.15, -0.1) is 0 Å². The van der Waals surface area contributed by atoms with Crippen molar-refractivity contribution in [3.05, 3.63) is 200 Å². The van der Waals surface area contributed by atoms with Crippen molar-refractivity contribution in [1.29, 1.82) is 0 Å². The van der Waals surface area contributed by atoms with Crippen LogP contribution < -0.4 is 4.90 Å². The lowest BCUT2D eigenvalue weighted by molar-refractivity contribution is 1.28. The van der Waals surface area contributed by atoms with Gasteiger partial charge in [-0.2, -0.15) is 0 Å². The molecule has 53 heavy (non-hydrogen) atoms. The van der Waals surface area contributed by atoms with Gasteiger partial charge >= 0.3 is 0 Å². The molecule has 0 radical (unpaired) electrons. The third kappa shape index (κ3) is 4.71. The minimum Gasteiger partial charge on any atom is -0.311 e. The Bertz CT molecular complexity index is 2840. The molecule has 0 spiro atoms. The summed E-state index contributed by atoms with van der Waals surface area (Å²) in [5, 5.41) is 2.52. The van der Waals surface area contributed by atoms with E-state index in [0.29, 0.717) is 0 Å². The van der Waals surface area contributed by atoms with E-state index in [1.807, 2.05) is 0 Å². The van der Waals surface area contributed by atoms with Crippen molar-refractivity contribution in [1.82, 2.24) is 0 Å². The minimum atomic E-state index is 1.12. The second-order valence-electron chi connectivity index (χ2n) is 14.1. The number of nitrogens with zero attached hydrogens (tertiary/aromatic N) is 1. The summed E-state index contributed by atoms with van der Waals surface area (Å²) in [7, 11) is 0. The molecule has 0 aliphatic heterocycles. The van der Waals surface area contributed by atoms with Crippen molar-refractivity contribution in [2.24, 2.45) is 0 Å². The number of benzene rings is 9. The molecule has 11 rings (SSSR count). The lowest BCUT2D eigenvalue weighted by Gasteiger charge is -2.26. The Morgan fingerprint density at radius 2 is 0.660 bits per heavy atom. The van der Waals surface area contributed by atoms with Gasteiger partial charge in [0.05, 0.1) is 0 Å². The van der Waals surface area contributed by atoms with Gasteiger partial charge in [0.25, 0.3) is 0 Å². The fraction of sp³-hybridized carbons (Fsp3) is 0. The smallest absolute Gasteiger partial charge is 0.0462 e. The van der Waals surface area contributed by atoms with Gasteiger partial charge in [-0.1, -0.05) is 152 Å². The number of hydrogen-bond acceptors (Lipinski definition) is 1. The predicted octanol–water partition coefficient (Wildman–Crippen LogP) is 14.6. The SMILES string of the molecule is c1ccc(N(c2ccc(-c3ccc4c(c3)-c3c5cccc3-c3cccc-4c3-c3ccccc3-5)cc2)c2ccc(-c3ccc4ccccc4c3)cc2)cc1. The first kappa shape index (κ1) is 29.7. The average Bonchev–Trinajstić information content (AvgIpc) is 3.34. The molecule has 1 nitrogen and oxygen atoms in total. The van der Waals surface area contributed by atoms with Crippen molar-refractivity contribution >= 4 is 27.8 Å². The van der Waals surface area contributed by atoms with Crippen LogP contribution in [0.4, 0.5) is 17.1 Å². The van der Waals surface area contributed by atoms with Crippen LogP contribution in [0.25, 0.3) is 88.7 Å². The molecule has 0 saturated carbocycles. The van der Waals surface area contributed by atoms with Gasteiger partial charge in [-0.3, -0.25) is 0 Å². The standard InChI is InChI=1S/C52H33N/c1-2-12-40(13-3-1)53(41-27-22-35(23-28-41)38-21-20-34-10-4-5-11-37(34)32-38)42-29-24-36(25-30-42)39-26-31-44-47-17-9-18-48-49-19-8-16-46(52(49)50(44)33-39)43-14-6-7-15-45(43)51(47)48/h1-33H. The lowest BCUT2D eigenvalue weighted by atomic mass is 9.83. The molecule has 0 N–H and O–H groups in total. The number of rotatable bonds is 5. The van der Waals surface area contributed by atoms with Gasteiger partial charge in [-0.25, -0.2) is 0 Å². The normalized spacial score (nSPS) is 11.8. The summed E-state index contributed by atoms with van der Waals surface area (Å²) in [5.41, 5.74) is 21.3. The molecule has 0 atom stereocenters. The molecular formula is C52H33N. The monoisotopic (exact) mass is 671 g/mol. The van der Waals surface area contributed by atoms with Crippen molar-refractivity contribution in [3.63, 3.8) is 0 Å². The fourth-order valence-electron chi connectivity index (χ4n) is 8.68. The van der Waals surface area contributed by atoms with E-state index < -0.39 is 0 Å². The molecule has 0 aromatic heterocycles. The molecule has 0 amide bonds. The van der Waals surface area contributed by atoms with Crippen LogP contribution in [0, 0.1) is 0 Å². The first-order valence-electron chi connectivity index (χ1n) is 18.3. The lowest BCUT2D eigenvalue weighted by Crippen LogP contribution is -2.09. The van der Waals surface area contributed by atoms with Crippen LogP contribution in [-0.2, 0) is 0 Å². The van der Waals surface area contributed by atoms with Gasteiger partial charge in [-0.05, 0) is 137 Å². The van der Waals surface area contributed by atoms with Gasteiger partial charge in [0, 0.05) is 17.1 Å². The quantitative estimate of drug-likeness (QED) is 0.176. The molecule has 9 aromatic carbocycles. The zero-order valence-corrected chi connectivity index (χ0v) is 29.0. The van der Waals surface area contributed by atoms with Crippen molar-refractivity contribution in [2.45, 2.75) is 0 Å². The largest absolute Gasteiger partial charge is 0.311 e. The highest BCUT2D eigenvalue weighted by Crippen LogP contribution is 2.57. The molecular weight excluding hydrogens is 639 g/mol. The molecule has 0 fully saturated rings. The highest BCUT2D eigenvalue weighted by molar-refractivity contribution is 6.15. The molecule has 246 valence electrons. The van der Waals surface area contributed by atoms with Gasteiger partial charge in [0.15, 0.2) is 0 Å². The average molecular weight is 672 g/mol. The van der Waals surface area contributed by atoms with E-state index >= 15 is 0 Å². The first-order valence-corrected chi connectivity index (χ1v) is 18.3. The Balaban J connectivity index is 0.986. The second-order valence-corrected chi connectivity index (χ2v) is 14.1. The highest BCUT2D eigenvalue weighted by Gasteiger charge is 2.30.